The number of sulfonamides is 1. The number of nitrogens with zero attached hydrogens (tertiary/aromatic N) is 1. The lowest BCUT2D eigenvalue weighted by Crippen LogP contribution is -2.15. The fraction of sp³-hybridized carbons (Fsp3) is 0.158. The fourth-order valence-corrected chi connectivity index (χ4v) is 4.63. The van der Waals surface area contributed by atoms with Crippen molar-refractivity contribution in [2.45, 2.75) is 13.8 Å². The van der Waals surface area contributed by atoms with E-state index in [0.29, 0.717) is 21.8 Å². The van der Waals surface area contributed by atoms with Gasteiger partial charge in [-0.1, -0.05) is 23.2 Å². The molecule has 0 atom stereocenters. The number of carbonyl (C=O) groups is 1. The number of aromatic nitrogens is 1. The van der Waals surface area contributed by atoms with E-state index in [1.54, 1.807) is 13.0 Å². The number of anilines is 2. The van der Waals surface area contributed by atoms with Crippen molar-refractivity contribution in [3.05, 3.63) is 62.1 Å². The largest absolute Gasteiger partial charge is 0.321 e. The van der Waals surface area contributed by atoms with Gasteiger partial charge in [-0.25, -0.2) is 12.8 Å². The lowest BCUT2D eigenvalue weighted by Gasteiger charge is -2.10. The normalized spacial score (nSPS) is 11.4. The number of rotatable bonds is 6. The van der Waals surface area contributed by atoms with Crippen LogP contribution in [-0.4, -0.2) is 25.1 Å². The topological polar surface area (TPSA) is 88.2 Å². The summed E-state index contributed by atoms with van der Waals surface area (Å²) in [5.41, 5.74) is 1.57. The van der Waals surface area contributed by atoms with E-state index in [4.69, 9.17) is 23.2 Å². The van der Waals surface area contributed by atoms with Gasteiger partial charge in [0, 0.05) is 21.2 Å². The van der Waals surface area contributed by atoms with Gasteiger partial charge in [0.25, 0.3) is 5.91 Å². The van der Waals surface area contributed by atoms with Crippen LogP contribution < -0.4 is 10.0 Å². The summed E-state index contributed by atoms with van der Waals surface area (Å²) < 4.78 is 39.2. The highest BCUT2D eigenvalue weighted by Crippen LogP contribution is 2.34. The van der Waals surface area contributed by atoms with Gasteiger partial charge in [0.1, 0.15) is 5.82 Å². The zero-order valence-corrected chi connectivity index (χ0v) is 18.9. The number of hydrogen-bond donors (Lipinski definition) is 2. The molecule has 2 aromatic heterocycles. The molecular formula is C19H16Cl2FN3O3S2. The third-order valence-corrected chi connectivity index (χ3v) is 6.88. The third kappa shape index (κ3) is 5.28. The minimum atomic E-state index is -3.49. The molecule has 0 aliphatic heterocycles. The Morgan fingerprint density at radius 3 is 2.53 bits per heavy atom. The summed E-state index contributed by atoms with van der Waals surface area (Å²) in [5, 5.41) is 3.10. The number of hydrogen-bond acceptors (Lipinski definition) is 5. The van der Waals surface area contributed by atoms with Crippen molar-refractivity contribution in [1.29, 1.82) is 0 Å². The number of halogens is 3. The van der Waals surface area contributed by atoms with Crippen LogP contribution in [0.3, 0.4) is 0 Å². The van der Waals surface area contributed by atoms with Crippen LogP contribution in [0.15, 0.2) is 36.5 Å². The van der Waals surface area contributed by atoms with Gasteiger partial charge in [-0.2, -0.15) is 0 Å². The minimum Gasteiger partial charge on any atom is -0.321 e. The first-order valence-electron chi connectivity index (χ1n) is 8.62. The van der Waals surface area contributed by atoms with E-state index in [2.05, 4.69) is 15.0 Å². The molecule has 2 heterocycles. The fourth-order valence-electron chi connectivity index (χ4n) is 2.61. The molecule has 0 fully saturated rings. The summed E-state index contributed by atoms with van der Waals surface area (Å²) in [6.07, 6.45) is 1.06. The molecule has 158 valence electrons. The molecule has 0 aliphatic carbocycles. The summed E-state index contributed by atoms with van der Waals surface area (Å²) in [5.74, 6) is -1.07. The highest BCUT2D eigenvalue weighted by atomic mass is 35.5. The molecule has 0 saturated carbocycles. The smallest absolute Gasteiger partial charge is 0.265 e. The molecule has 11 heteroatoms. The molecule has 0 bridgehead atoms. The zero-order valence-electron chi connectivity index (χ0n) is 15.8. The lowest BCUT2D eigenvalue weighted by atomic mass is 10.1. The second-order valence-corrected chi connectivity index (χ2v) is 10.4. The quantitative estimate of drug-likeness (QED) is 0.474. The molecule has 1 amide bonds. The average molecular weight is 488 g/mol. The Morgan fingerprint density at radius 2 is 1.87 bits per heavy atom. The Hall–Kier alpha value is -2.20. The Labute approximate surface area is 187 Å². The number of thiophene rings is 1. The first-order chi connectivity index (χ1) is 14.1. The van der Waals surface area contributed by atoms with Gasteiger partial charge < -0.3 is 5.32 Å². The van der Waals surface area contributed by atoms with Gasteiger partial charge in [0.05, 0.1) is 33.2 Å². The van der Waals surface area contributed by atoms with Gasteiger partial charge in [-0.05, 0) is 44.2 Å². The molecule has 2 N–H and O–H groups in total. The van der Waals surface area contributed by atoms with E-state index in [-0.39, 0.29) is 21.5 Å². The molecule has 3 aromatic rings. The highest BCUT2D eigenvalue weighted by Gasteiger charge is 2.18. The maximum atomic E-state index is 13.3. The number of benzene rings is 1. The van der Waals surface area contributed by atoms with Crippen LogP contribution in [0, 0.1) is 12.7 Å². The zero-order chi connectivity index (χ0) is 22.1. The van der Waals surface area contributed by atoms with Crippen LogP contribution >= 0.6 is 34.5 Å². The molecule has 6 nitrogen and oxygen atoms in total. The van der Waals surface area contributed by atoms with Gasteiger partial charge in [-0.15, -0.1) is 11.3 Å². The highest BCUT2D eigenvalue weighted by molar-refractivity contribution is 7.92. The maximum Gasteiger partial charge on any atom is 0.265 e. The number of amides is 1. The van der Waals surface area contributed by atoms with E-state index in [0.717, 1.165) is 17.1 Å². The van der Waals surface area contributed by atoms with Gasteiger partial charge in [-0.3, -0.25) is 14.5 Å². The first kappa shape index (κ1) is 22.5. The van der Waals surface area contributed by atoms with E-state index in [1.807, 2.05) is 0 Å². The van der Waals surface area contributed by atoms with Gasteiger partial charge in [0.15, 0.2) is 0 Å². The molecule has 0 radical (unpaired) electrons. The molecule has 0 unspecified atom stereocenters. The molecule has 3 rings (SSSR count). The summed E-state index contributed by atoms with van der Waals surface area (Å²) in [7, 11) is -3.49. The predicted molar refractivity (Wildman–Crippen MR) is 120 cm³/mol. The van der Waals surface area contributed by atoms with Crippen molar-refractivity contribution >= 4 is 61.8 Å². The van der Waals surface area contributed by atoms with Crippen LogP contribution in [0.4, 0.5) is 15.8 Å². The molecular weight excluding hydrogens is 472 g/mol. The van der Waals surface area contributed by atoms with Crippen LogP contribution in [0.2, 0.25) is 10.0 Å². The van der Waals surface area contributed by atoms with Gasteiger partial charge in [0.2, 0.25) is 10.0 Å². The molecule has 30 heavy (non-hydrogen) atoms. The first-order valence-corrected chi connectivity index (χ1v) is 11.8. The van der Waals surface area contributed by atoms with Crippen molar-refractivity contribution in [2.75, 3.05) is 15.8 Å². The van der Waals surface area contributed by atoms with Crippen molar-refractivity contribution < 1.29 is 17.6 Å². The van der Waals surface area contributed by atoms with Crippen molar-refractivity contribution in [2.24, 2.45) is 0 Å². The Bertz CT molecular complexity index is 1230. The summed E-state index contributed by atoms with van der Waals surface area (Å²) in [6.45, 7) is 3.31. The third-order valence-electron chi connectivity index (χ3n) is 4.01. The van der Waals surface area contributed by atoms with Crippen molar-refractivity contribution in [3.63, 3.8) is 0 Å². The number of pyridine rings is 1. The second kappa shape index (κ2) is 8.89. The summed E-state index contributed by atoms with van der Waals surface area (Å²) in [4.78, 5) is 17.9. The van der Waals surface area contributed by atoms with E-state index < -0.39 is 21.7 Å². The minimum absolute atomic E-state index is 0.0988. The summed E-state index contributed by atoms with van der Waals surface area (Å²) in [6, 6.07) is 7.19. The monoisotopic (exact) mass is 487 g/mol. The van der Waals surface area contributed by atoms with Crippen molar-refractivity contribution in [3.8, 4) is 11.3 Å². The number of aryl methyl sites for hydroxylation is 1. The van der Waals surface area contributed by atoms with Crippen LogP contribution in [0.1, 0.15) is 21.5 Å². The van der Waals surface area contributed by atoms with Gasteiger partial charge >= 0.3 is 0 Å². The maximum absolute atomic E-state index is 13.3. The molecule has 0 spiro atoms. The summed E-state index contributed by atoms with van der Waals surface area (Å²) >= 11 is 13.4. The van der Waals surface area contributed by atoms with E-state index in [1.165, 1.54) is 36.5 Å². The number of carbonyl (C=O) groups excluding carboxylic acids is 1. The molecule has 1 aromatic carbocycles. The van der Waals surface area contributed by atoms with Crippen LogP contribution in [-0.2, 0) is 10.0 Å². The van der Waals surface area contributed by atoms with Crippen molar-refractivity contribution in [1.82, 2.24) is 4.98 Å². The van der Waals surface area contributed by atoms with Crippen LogP contribution in [0.5, 0.6) is 0 Å². The standard InChI is InChI=1S/C19H16Cl2FN3O3S2/c1-3-30(27,28)25-14-5-11(20)4-13(7-14)24-19(26)17-8-15(10(2)29-17)18-16(21)6-12(22)9-23-18/h4-9,25H,3H2,1-2H3,(H,24,26). The van der Waals surface area contributed by atoms with Crippen LogP contribution in [0.25, 0.3) is 11.3 Å². The predicted octanol–water partition coefficient (Wildman–Crippen LogP) is 5.58. The Balaban J connectivity index is 1.86. The van der Waals surface area contributed by atoms with E-state index >= 15 is 0 Å². The second-order valence-electron chi connectivity index (χ2n) is 6.25. The Kier molecular flexibility index (Phi) is 6.66. The average Bonchev–Trinajstić information content (AvgIpc) is 3.02. The molecule has 0 saturated heterocycles. The lowest BCUT2D eigenvalue weighted by molar-refractivity contribution is 0.103. The molecule has 0 aliphatic rings. The number of nitrogens with one attached hydrogen (secondary N) is 2. The SMILES string of the molecule is CCS(=O)(=O)Nc1cc(Cl)cc(NC(=O)c2cc(-c3ncc(F)cc3Cl)c(C)s2)c1. The Morgan fingerprint density at radius 1 is 1.17 bits per heavy atom. The van der Waals surface area contributed by atoms with E-state index in [9.17, 15) is 17.6 Å².